The summed E-state index contributed by atoms with van der Waals surface area (Å²) in [7, 11) is 1.61. The zero-order chi connectivity index (χ0) is 22.9. The van der Waals surface area contributed by atoms with Crippen LogP contribution in [0, 0.1) is 5.82 Å². The highest BCUT2D eigenvalue weighted by Gasteiger charge is 2.14. The minimum atomic E-state index is -0.295. The summed E-state index contributed by atoms with van der Waals surface area (Å²) >= 11 is 5.62. The highest BCUT2D eigenvalue weighted by Crippen LogP contribution is 2.19. The molecular formula is C24H28FN3O3S. The van der Waals surface area contributed by atoms with E-state index in [1.54, 1.807) is 25.3 Å². The molecule has 3 aromatic rings. The smallest absolute Gasteiger partial charge is 0.253 e. The summed E-state index contributed by atoms with van der Waals surface area (Å²) in [6.45, 7) is 4.68. The second-order valence-corrected chi connectivity index (χ2v) is 7.73. The molecular weight excluding hydrogens is 429 g/mol. The summed E-state index contributed by atoms with van der Waals surface area (Å²) in [4.78, 5) is 17.6. The number of benzene rings is 2. The number of pyridine rings is 1. The first-order valence-corrected chi connectivity index (χ1v) is 11.0. The van der Waals surface area contributed by atoms with Gasteiger partial charge in [0.25, 0.3) is 5.56 Å². The van der Waals surface area contributed by atoms with Gasteiger partial charge in [0.05, 0.1) is 13.7 Å². The SMILES string of the molecule is CCOCCCNC(=S)N(Cc1ccc(F)cc1)Cc1cc2cc(OC)ccc2[nH]c1=O. The summed E-state index contributed by atoms with van der Waals surface area (Å²) in [6.07, 6.45) is 0.814. The molecule has 32 heavy (non-hydrogen) atoms. The topological polar surface area (TPSA) is 66.6 Å². The summed E-state index contributed by atoms with van der Waals surface area (Å²) in [5, 5.41) is 4.64. The van der Waals surface area contributed by atoms with Crippen LogP contribution in [0.3, 0.4) is 0 Å². The van der Waals surface area contributed by atoms with Crippen LogP contribution in [0.15, 0.2) is 53.3 Å². The number of H-pyrrole nitrogens is 1. The van der Waals surface area contributed by atoms with Gasteiger partial charge in [0, 0.05) is 42.8 Å². The Labute approximate surface area is 192 Å². The number of rotatable bonds is 10. The van der Waals surface area contributed by atoms with Crippen molar-refractivity contribution in [3.05, 3.63) is 75.8 Å². The maximum Gasteiger partial charge on any atom is 0.253 e. The summed E-state index contributed by atoms with van der Waals surface area (Å²) < 4.78 is 24.0. The van der Waals surface area contributed by atoms with Crippen LogP contribution in [0.1, 0.15) is 24.5 Å². The van der Waals surface area contributed by atoms with Crippen LogP contribution in [0.5, 0.6) is 5.75 Å². The van der Waals surface area contributed by atoms with Crippen LogP contribution in [0.2, 0.25) is 0 Å². The molecule has 0 saturated carbocycles. The molecule has 0 atom stereocenters. The van der Waals surface area contributed by atoms with Gasteiger partial charge in [-0.25, -0.2) is 4.39 Å². The molecule has 1 aromatic heterocycles. The second-order valence-electron chi connectivity index (χ2n) is 7.34. The number of ether oxygens (including phenoxy) is 2. The van der Waals surface area contributed by atoms with E-state index in [0.717, 1.165) is 22.9 Å². The van der Waals surface area contributed by atoms with E-state index in [1.807, 2.05) is 30.0 Å². The molecule has 8 heteroatoms. The zero-order valence-electron chi connectivity index (χ0n) is 18.3. The van der Waals surface area contributed by atoms with Gasteiger partial charge in [-0.05, 0) is 67.5 Å². The normalized spacial score (nSPS) is 10.8. The fourth-order valence-electron chi connectivity index (χ4n) is 3.32. The average molecular weight is 458 g/mol. The Kier molecular flexibility index (Phi) is 8.58. The number of methoxy groups -OCH3 is 1. The fourth-order valence-corrected chi connectivity index (χ4v) is 3.55. The average Bonchev–Trinajstić information content (AvgIpc) is 2.79. The maximum absolute atomic E-state index is 13.3. The minimum Gasteiger partial charge on any atom is -0.497 e. The van der Waals surface area contributed by atoms with E-state index in [4.69, 9.17) is 21.7 Å². The lowest BCUT2D eigenvalue weighted by Gasteiger charge is -2.26. The Hall–Kier alpha value is -2.97. The molecule has 0 unspecified atom stereocenters. The van der Waals surface area contributed by atoms with E-state index in [-0.39, 0.29) is 11.4 Å². The number of hydrogen-bond donors (Lipinski definition) is 2. The molecule has 2 aromatic carbocycles. The molecule has 3 rings (SSSR count). The first-order valence-electron chi connectivity index (χ1n) is 10.5. The molecule has 0 bridgehead atoms. The van der Waals surface area contributed by atoms with Gasteiger partial charge in [-0.2, -0.15) is 0 Å². The highest BCUT2D eigenvalue weighted by molar-refractivity contribution is 7.80. The van der Waals surface area contributed by atoms with Crippen molar-refractivity contribution in [1.29, 1.82) is 0 Å². The van der Waals surface area contributed by atoms with Gasteiger partial charge < -0.3 is 24.7 Å². The molecule has 0 aliphatic heterocycles. The number of aromatic amines is 1. The highest BCUT2D eigenvalue weighted by atomic mass is 32.1. The van der Waals surface area contributed by atoms with Gasteiger partial charge in [-0.15, -0.1) is 0 Å². The number of nitrogens with zero attached hydrogens (tertiary/aromatic N) is 1. The molecule has 1 heterocycles. The minimum absolute atomic E-state index is 0.175. The molecule has 0 aliphatic carbocycles. The lowest BCUT2D eigenvalue weighted by molar-refractivity contribution is 0.145. The van der Waals surface area contributed by atoms with Crippen molar-refractivity contribution in [1.82, 2.24) is 15.2 Å². The number of nitrogens with one attached hydrogen (secondary N) is 2. The lowest BCUT2D eigenvalue weighted by atomic mass is 10.1. The van der Waals surface area contributed by atoms with E-state index in [1.165, 1.54) is 12.1 Å². The van der Waals surface area contributed by atoms with Crippen LogP contribution in [-0.2, 0) is 17.8 Å². The fraction of sp³-hybridized carbons (Fsp3) is 0.333. The van der Waals surface area contributed by atoms with E-state index < -0.39 is 0 Å². The van der Waals surface area contributed by atoms with Gasteiger partial charge >= 0.3 is 0 Å². The van der Waals surface area contributed by atoms with Crippen LogP contribution < -0.4 is 15.6 Å². The number of halogens is 1. The van der Waals surface area contributed by atoms with Gasteiger partial charge in [0.2, 0.25) is 0 Å². The first-order chi connectivity index (χ1) is 15.5. The van der Waals surface area contributed by atoms with E-state index >= 15 is 0 Å². The van der Waals surface area contributed by atoms with E-state index in [0.29, 0.717) is 49.3 Å². The van der Waals surface area contributed by atoms with Gasteiger partial charge in [0.15, 0.2) is 5.11 Å². The summed E-state index contributed by atoms with van der Waals surface area (Å²) in [6, 6.07) is 13.6. The molecule has 0 aliphatic rings. The first kappa shape index (κ1) is 23.7. The lowest BCUT2D eigenvalue weighted by Crippen LogP contribution is -2.40. The Morgan fingerprint density at radius 3 is 2.66 bits per heavy atom. The van der Waals surface area contributed by atoms with Crippen molar-refractivity contribution in [3.63, 3.8) is 0 Å². The maximum atomic E-state index is 13.3. The number of thiocarbonyl (C=S) groups is 1. The molecule has 2 N–H and O–H groups in total. The van der Waals surface area contributed by atoms with Crippen molar-refractivity contribution in [2.45, 2.75) is 26.4 Å². The molecule has 0 saturated heterocycles. The summed E-state index contributed by atoms with van der Waals surface area (Å²) in [5.74, 6) is 0.419. The third-order valence-corrected chi connectivity index (χ3v) is 5.41. The van der Waals surface area contributed by atoms with Gasteiger partial charge in [-0.3, -0.25) is 4.79 Å². The van der Waals surface area contributed by atoms with E-state index in [9.17, 15) is 9.18 Å². The monoisotopic (exact) mass is 457 g/mol. The Bertz CT molecular complexity index is 1100. The standard InChI is InChI=1S/C24H28FN3O3S/c1-3-31-12-4-11-26-24(32)28(15-17-5-7-20(25)8-6-17)16-19-13-18-14-21(30-2)9-10-22(18)27-23(19)29/h5-10,13-14H,3-4,11-12,15-16H2,1-2H3,(H,26,32)(H,27,29). The molecule has 0 amide bonds. The van der Waals surface area contributed by atoms with Crippen molar-refractivity contribution in [2.24, 2.45) is 0 Å². The largest absolute Gasteiger partial charge is 0.497 e. The third kappa shape index (κ3) is 6.51. The molecule has 0 fully saturated rings. The van der Waals surface area contributed by atoms with Crippen LogP contribution in [0.4, 0.5) is 4.39 Å². The Balaban J connectivity index is 1.81. The van der Waals surface area contributed by atoms with Crippen molar-refractivity contribution >= 4 is 28.2 Å². The zero-order valence-corrected chi connectivity index (χ0v) is 19.1. The van der Waals surface area contributed by atoms with Crippen molar-refractivity contribution in [3.8, 4) is 5.75 Å². The molecule has 0 spiro atoms. The predicted molar refractivity (Wildman–Crippen MR) is 128 cm³/mol. The molecule has 6 nitrogen and oxygen atoms in total. The number of hydrogen-bond acceptors (Lipinski definition) is 4. The van der Waals surface area contributed by atoms with Gasteiger partial charge in [-0.1, -0.05) is 12.1 Å². The van der Waals surface area contributed by atoms with Crippen LogP contribution in [0.25, 0.3) is 10.9 Å². The molecule has 0 radical (unpaired) electrons. The number of aromatic nitrogens is 1. The third-order valence-electron chi connectivity index (χ3n) is 5.01. The van der Waals surface area contributed by atoms with Crippen LogP contribution >= 0.6 is 12.2 Å². The predicted octanol–water partition coefficient (Wildman–Crippen LogP) is 3.98. The quantitative estimate of drug-likeness (QED) is 0.355. The Morgan fingerprint density at radius 1 is 1.16 bits per heavy atom. The van der Waals surface area contributed by atoms with Crippen molar-refractivity contribution < 1.29 is 13.9 Å². The number of fused-ring (bicyclic) bond motifs is 1. The molecule has 170 valence electrons. The Morgan fingerprint density at radius 2 is 1.94 bits per heavy atom. The second kappa shape index (κ2) is 11.6. The summed E-state index contributed by atoms with van der Waals surface area (Å²) in [5.41, 5.74) is 2.03. The van der Waals surface area contributed by atoms with Crippen LogP contribution in [-0.4, -0.2) is 41.9 Å². The van der Waals surface area contributed by atoms with E-state index in [2.05, 4.69) is 10.3 Å². The van der Waals surface area contributed by atoms with Gasteiger partial charge in [0.1, 0.15) is 11.6 Å². The van der Waals surface area contributed by atoms with Crippen molar-refractivity contribution in [2.75, 3.05) is 26.9 Å².